The van der Waals surface area contributed by atoms with E-state index in [0.717, 1.165) is 16.8 Å². The van der Waals surface area contributed by atoms with E-state index in [1.54, 1.807) is 12.3 Å². The number of rotatable bonds is 7. The zero-order valence-corrected chi connectivity index (χ0v) is 18.5. The van der Waals surface area contributed by atoms with E-state index in [4.69, 9.17) is 18.0 Å². The van der Waals surface area contributed by atoms with Crippen molar-refractivity contribution in [2.75, 3.05) is 5.32 Å². The summed E-state index contributed by atoms with van der Waals surface area (Å²) in [5.41, 5.74) is 12.2. The minimum atomic E-state index is -4.73. The fourth-order valence-electron chi connectivity index (χ4n) is 2.64. The van der Waals surface area contributed by atoms with Crippen LogP contribution in [0.4, 0.5) is 24.5 Å². The lowest BCUT2D eigenvalue weighted by Gasteiger charge is -2.08. The van der Waals surface area contributed by atoms with Gasteiger partial charge in [-0.25, -0.2) is 0 Å². The number of hydrazone groups is 1. The fourth-order valence-corrected chi connectivity index (χ4v) is 2.81. The first-order valence-corrected chi connectivity index (χ1v) is 10.3. The van der Waals surface area contributed by atoms with E-state index in [1.165, 1.54) is 30.5 Å². The number of thiocarbonyl (C=S) groups is 1. The van der Waals surface area contributed by atoms with Gasteiger partial charge in [-0.1, -0.05) is 42.5 Å². The number of alkyl halides is 3. The summed E-state index contributed by atoms with van der Waals surface area (Å²) in [5, 5.41) is 7.49. The number of para-hydroxylation sites is 1. The Kier molecular flexibility index (Phi) is 8.36. The molecule has 0 amide bonds. The molecule has 174 valence electrons. The average Bonchev–Trinajstić information content (AvgIpc) is 2.80. The second kappa shape index (κ2) is 11.6. The predicted octanol–water partition coefficient (Wildman–Crippen LogP) is 5.61. The zero-order valence-electron chi connectivity index (χ0n) is 17.7. The van der Waals surface area contributed by atoms with Crippen LogP contribution in [-0.4, -0.2) is 23.9 Å². The Labute approximate surface area is 199 Å². The van der Waals surface area contributed by atoms with Gasteiger partial charge in [0.05, 0.1) is 11.9 Å². The van der Waals surface area contributed by atoms with Gasteiger partial charge in [0.25, 0.3) is 0 Å². The van der Waals surface area contributed by atoms with Crippen LogP contribution in [0.2, 0.25) is 0 Å². The summed E-state index contributed by atoms with van der Waals surface area (Å²) in [5.74, 6) is -0.311. The number of halogens is 3. The number of nitrogens with two attached hydrogens (primary N) is 1. The van der Waals surface area contributed by atoms with E-state index in [1.807, 2.05) is 54.6 Å². The molecule has 0 radical (unpaired) electrons. The number of benzene rings is 3. The smallest absolute Gasteiger partial charge is 0.406 e. The third-order valence-corrected chi connectivity index (χ3v) is 4.40. The zero-order chi connectivity index (χ0) is 24.4. The number of hydrogen-bond acceptors (Lipinski definition) is 5. The summed E-state index contributed by atoms with van der Waals surface area (Å²) in [6.45, 7) is 0. The molecule has 0 bridgehead atoms. The first-order chi connectivity index (χ1) is 16.3. The first-order valence-electron chi connectivity index (χ1n) is 9.90. The Morgan fingerprint density at radius 3 is 2.26 bits per heavy atom. The lowest BCUT2D eigenvalue weighted by Crippen LogP contribution is -2.23. The Morgan fingerprint density at radius 2 is 1.62 bits per heavy atom. The minimum absolute atomic E-state index is 0.311. The topological polar surface area (TPSA) is 84.0 Å². The molecule has 0 aliphatic carbocycles. The van der Waals surface area contributed by atoms with Crippen LogP contribution in [0.3, 0.4) is 0 Å². The molecule has 10 heteroatoms. The predicted molar refractivity (Wildman–Crippen MR) is 133 cm³/mol. The second-order valence-electron chi connectivity index (χ2n) is 6.75. The average molecular weight is 484 g/mol. The number of hydrogen-bond donors (Lipinski definition) is 3. The van der Waals surface area contributed by atoms with Crippen molar-refractivity contribution in [1.82, 2.24) is 5.43 Å². The van der Waals surface area contributed by atoms with E-state index in [9.17, 15) is 13.2 Å². The highest BCUT2D eigenvalue weighted by Gasteiger charge is 2.30. The van der Waals surface area contributed by atoms with Crippen LogP contribution in [0.25, 0.3) is 5.70 Å². The van der Waals surface area contributed by atoms with Crippen molar-refractivity contribution in [2.45, 2.75) is 6.36 Å². The Balaban J connectivity index is 1.51. The Hall–Kier alpha value is -4.18. The standard InChI is InChI=1S/C24H20F3N5OS/c25-24(26,27)33-21-12-10-19(11-13-21)29-15-14-22(28)18-8-6-17(7-9-18)16-30-32-23(34)31-20-4-2-1-3-5-20/h1-16H,28H2,(H2,31,32,34)/b22-14?,29-15?,30-16-. The van der Waals surface area contributed by atoms with Gasteiger partial charge in [0.1, 0.15) is 5.75 Å². The largest absolute Gasteiger partial charge is 0.573 e. The molecule has 3 aromatic rings. The van der Waals surface area contributed by atoms with E-state index in [0.29, 0.717) is 16.5 Å². The lowest BCUT2D eigenvalue weighted by atomic mass is 10.1. The summed E-state index contributed by atoms with van der Waals surface area (Å²) >= 11 is 5.19. The summed E-state index contributed by atoms with van der Waals surface area (Å²) in [7, 11) is 0. The molecule has 0 unspecified atom stereocenters. The van der Waals surface area contributed by atoms with Crippen LogP contribution in [-0.2, 0) is 0 Å². The van der Waals surface area contributed by atoms with Gasteiger partial charge in [-0.2, -0.15) is 5.10 Å². The molecule has 0 fully saturated rings. The summed E-state index contributed by atoms with van der Waals surface area (Å²) < 4.78 is 40.4. The third-order valence-electron chi connectivity index (χ3n) is 4.20. The Morgan fingerprint density at radius 1 is 0.941 bits per heavy atom. The van der Waals surface area contributed by atoms with Gasteiger partial charge in [-0.05, 0) is 65.8 Å². The van der Waals surface area contributed by atoms with Gasteiger partial charge in [-0.3, -0.25) is 10.4 Å². The molecule has 0 aromatic heterocycles. The molecule has 34 heavy (non-hydrogen) atoms. The summed E-state index contributed by atoms with van der Waals surface area (Å²) in [4.78, 5) is 4.15. The van der Waals surface area contributed by atoms with Gasteiger partial charge < -0.3 is 15.8 Å². The molecular weight excluding hydrogens is 463 g/mol. The number of nitrogens with zero attached hydrogens (tertiary/aromatic N) is 2. The number of aliphatic imine (C=N–C) groups is 1. The van der Waals surface area contributed by atoms with Gasteiger partial charge in [0.2, 0.25) is 0 Å². The maximum atomic E-state index is 12.2. The molecule has 3 rings (SSSR count). The van der Waals surface area contributed by atoms with Crippen LogP contribution in [0.15, 0.2) is 95.0 Å². The molecule has 0 atom stereocenters. The molecule has 0 spiro atoms. The van der Waals surface area contributed by atoms with E-state index in [2.05, 4.69) is 25.6 Å². The summed E-state index contributed by atoms with van der Waals surface area (Å²) in [6.07, 6.45) is -0.0458. The van der Waals surface area contributed by atoms with Crippen LogP contribution in [0.1, 0.15) is 11.1 Å². The molecule has 0 saturated carbocycles. The van der Waals surface area contributed by atoms with Crippen molar-refractivity contribution >= 4 is 46.8 Å². The monoisotopic (exact) mass is 483 g/mol. The van der Waals surface area contributed by atoms with E-state index >= 15 is 0 Å². The summed E-state index contributed by atoms with van der Waals surface area (Å²) in [6, 6.07) is 22.0. The van der Waals surface area contributed by atoms with Crippen LogP contribution >= 0.6 is 12.2 Å². The Bertz CT molecular complexity index is 1180. The second-order valence-corrected chi connectivity index (χ2v) is 7.16. The van der Waals surface area contributed by atoms with Crippen molar-refractivity contribution < 1.29 is 17.9 Å². The normalized spacial score (nSPS) is 12.1. The van der Waals surface area contributed by atoms with Crippen LogP contribution < -0.4 is 21.2 Å². The third kappa shape index (κ3) is 8.40. The van der Waals surface area contributed by atoms with Crippen LogP contribution in [0, 0.1) is 0 Å². The minimum Gasteiger partial charge on any atom is -0.406 e. The maximum absolute atomic E-state index is 12.2. The van der Waals surface area contributed by atoms with Crippen molar-refractivity contribution in [3.63, 3.8) is 0 Å². The highest BCUT2D eigenvalue weighted by molar-refractivity contribution is 7.80. The van der Waals surface area contributed by atoms with Gasteiger partial charge >= 0.3 is 6.36 Å². The van der Waals surface area contributed by atoms with E-state index in [-0.39, 0.29) is 5.75 Å². The molecule has 0 saturated heterocycles. The first kappa shape index (κ1) is 24.5. The number of anilines is 1. The van der Waals surface area contributed by atoms with Crippen molar-refractivity contribution in [2.24, 2.45) is 15.8 Å². The highest BCUT2D eigenvalue weighted by Crippen LogP contribution is 2.24. The van der Waals surface area contributed by atoms with Gasteiger partial charge in [0, 0.05) is 17.6 Å². The van der Waals surface area contributed by atoms with Crippen LogP contribution in [0.5, 0.6) is 5.75 Å². The van der Waals surface area contributed by atoms with Crippen molar-refractivity contribution in [3.8, 4) is 5.75 Å². The van der Waals surface area contributed by atoms with Crippen molar-refractivity contribution in [3.05, 3.63) is 96.1 Å². The van der Waals surface area contributed by atoms with Gasteiger partial charge in [0.15, 0.2) is 5.11 Å². The molecule has 3 aromatic carbocycles. The lowest BCUT2D eigenvalue weighted by molar-refractivity contribution is -0.274. The number of ether oxygens (including phenoxy) is 1. The van der Waals surface area contributed by atoms with E-state index < -0.39 is 6.36 Å². The molecular formula is C24H20F3N5OS. The number of nitrogens with one attached hydrogen (secondary N) is 2. The molecule has 0 aliphatic heterocycles. The fraction of sp³-hybridized carbons (Fsp3) is 0.0417. The maximum Gasteiger partial charge on any atom is 0.573 e. The van der Waals surface area contributed by atoms with Crippen molar-refractivity contribution in [1.29, 1.82) is 0 Å². The van der Waals surface area contributed by atoms with Gasteiger partial charge in [-0.15, -0.1) is 13.2 Å². The molecule has 4 N–H and O–H groups in total. The number of allylic oxidation sites excluding steroid dienone is 1. The SMILES string of the molecule is NC(=CC=Nc1ccc(OC(F)(F)F)cc1)c1ccc(/C=N\NC(=S)Nc2ccccc2)cc1. The quantitative estimate of drug-likeness (QED) is 0.231. The molecule has 6 nitrogen and oxygen atoms in total. The molecule has 0 heterocycles. The molecule has 0 aliphatic rings. The highest BCUT2D eigenvalue weighted by atomic mass is 32.1.